The Morgan fingerprint density at radius 2 is 1.31 bits per heavy atom. The number of ether oxygens (including phenoxy) is 1. The third-order valence-corrected chi connectivity index (χ3v) is 6.49. The van der Waals surface area contributed by atoms with E-state index in [-0.39, 0.29) is 5.91 Å². The van der Waals surface area contributed by atoms with Crippen molar-refractivity contribution in [3.8, 4) is 0 Å². The molecule has 1 N–H and O–H groups in total. The van der Waals surface area contributed by atoms with Crippen LogP contribution in [-0.2, 0) is 24.7 Å². The fourth-order valence-electron chi connectivity index (χ4n) is 5.17. The van der Waals surface area contributed by atoms with Crippen LogP contribution in [0.5, 0.6) is 0 Å². The van der Waals surface area contributed by atoms with E-state index in [4.69, 9.17) is 4.74 Å². The summed E-state index contributed by atoms with van der Waals surface area (Å²) in [5.41, 5.74) is 1.05. The van der Waals surface area contributed by atoms with Gasteiger partial charge in [0.15, 0.2) is 0 Å². The number of anilines is 1. The molecule has 2 heterocycles. The highest BCUT2D eigenvalue weighted by molar-refractivity contribution is 6.24. The van der Waals surface area contributed by atoms with Gasteiger partial charge in [-0.1, -0.05) is 78.9 Å². The predicted octanol–water partition coefficient (Wildman–Crippen LogP) is 2.88. The average molecular weight is 426 g/mol. The molecule has 0 spiro atoms. The molecule has 3 aromatic carbocycles. The lowest BCUT2D eigenvalue weighted by atomic mass is 9.72. The number of para-hydroxylation sites is 1. The Kier molecular flexibility index (Phi) is 4.87. The maximum Gasteiger partial charge on any atom is 0.323 e. The smallest absolute Gasteiger partial charge is 0.323 e. The Morgan fingerprint density at radius 3 is 1.81 bits per heavy atom. The number of nitrogens with one attached hydrogen (secondary N) is 1. The summed E-state index contributed by atoms with van der Waals surface area (Å²) >= 11 is 0. The number of methoxy groups -OCH3 is 1. The Morgan fingerprint density at radius 1 is 0.812 bits per heavy atom. The number of carbonyl (C=O) groups excluding carboxylic acids is 3. The lowest BCUT2D eigenvalue weighted by Crippen LogP contribution is -2.51. The second-order valence-electron chi connectivity index (χ2n) is 8.04. The molecular weight excluding hydrogens is 404 g/mol. The Bertz CT molecular complexity index is 1120. The van der Waals surface area contributed by atoms with Gasteiger partial charge in [-0.2, -0.15) is 0 Å². The summed E-state index contributed by atoms with van der Waals surface area (Å²) in [4.78, 5) is 41.6. The first-order valence-corrected chi connectivity index (χ1v) is 10.5. The number of hydrogen-bond donors (Lipinski definition) is 1. The van der Waals surface area contributed by atoms with Crippen LogP contribution < -0.4 is 10.2 Å². The highest BCUT2D eigenvalue weighted by Gasteiger charge is 2.68. The Hall–Kier alpha value is -3.77. The van der Waals surface area contributed by atoms with Crippen LogP contribution in [0.1, 0.15) is 11.1 Å². The van der Waals surface area contributed by atoms with E-state index in [1.165, 1.54) is 12.0 Å². The Balaban J connectivity index is 1.76. The number of carbonyl (C=O) groups is 3. The van der Waals surface area contributed by atoms with Gasteiger partial charge < -0.3 is 4.74 Å². The number of hydrogen-bond acceptors (Lipinski definition) is 5. The highest BCUT2D eigenvalue weighted by atomic mass is 16.5. The van der Waals surface area contributed by atoms with Crippen molar-refractivity contribution in [3.05, 3.63) is 102 Å². The lowest BCUT2D eigenvalue weighted by molar-refractivity contribution is -0.145. The largest absolute Gasteiger partial charge is 0.468 e. The van der Waals surface area contributed by atoms with Gasteiger partial charge in [0.1, 0.15) is 6.04 Å². The minimum absolute atomic E-state index is 0.335. The van der Waals surface area contributed by atoms with E-state index < -0.39 is 35.3 Å². The van der Waals surface area contributed by atoms with Crippen molar-refractivity contribution in [1.29, 1.82) is 0 Å². The van der Waals surface area contributed by atoms with E-state index in [1.807, 2.05) is 66.7 Å². The van der Waals surface area contributed by atoms with Gasteiger partial charge in [0.2, 0.25) is 11.8 Å². The normalized spacial score (nSPS) is 23.8. The molecule has 2 fully saturated rings. The molecule has 2 aliphatic rings. The molecule has 2 amide bonds. The van der Waals surface area contributed by atoms with Crippen LogP contribution in [0.25, 0.3) is 0 Å². The van der Waals surface area contributed by atoms with Crippen LogP contribution in [0.4, 0.5) is 5.69 Å². The molecule has 0 radical (unpaired) electrons. The third-order valence-electron chi connectivity index (χ3n) is 6.49. The molecule has 3 aromatic rings. The van der Waals surface area contributed by atoms with Gasteiger partial charge in [-0.3, -0.25) is 19.7 Å². The summed E-state index contributed by atoms with van der Waals surface area (Å²) in [6, 6.07) is 26.9. The molecule has 6 nitrogen and oxygen atoms in total. The molecule has 0 unspecified atom stereocenters. The number of benzene rings is 3. The summed E-state index contributed by atoms with van der Waals surface area (Å²) in [6.45, 7) is 0. The van der Waals surface area contributed by atoms with E-state index in [2.05, 4.69) is 5.32 Å². The van der Waals surface area contributed by atoms with Crippen LogP contribution in [0.2, 0.25) is 0 Å². The number of amides is 2. The van der Waals surface area contributed by atoms with Crippen LogP contribution in [-0.4, -0.2) is 30.9 Å². The quantitative estimate of drug-likeness (QED) is 0.513. The summed E-state index contributed by atoms with van der Waals surface area (Å²) in [6.07, 6.45) is 0. The van der Waals surface area contributed by atoms with Crippen molar-refractivity contribution in [3.63, 3.8) is 0 Å². The molecule has 2 aliphatic heterocycles. The monoisotopic (exact) mass is 426 g/mol. The summed E-state index contributed by atoms with van der Waals surface area (Å²) in [5, 5.41) is 3.38. The average Bonchev–Trinajstić information content (AvgIpc) is 3.35. The second-order valence-corrected chi connectivity index (χ2v) is 8.04. The molecule has 0 saturated carbocycles. The standard InChI is InChI=1S/C26H22N2O4/c1-32-25(31)22-20-21(24(30)28(23(20)29)19-15-9-4-10-16-19)26(27-22,17-11-5-2-6-12-17)18-13-7-3-8-14-18/h2-16,20-22,27H,1H3/t20-,21-,22-/m1/s1. The molecule has 32 heavy (non-hydrogen) atoms. The molecule has 0 aromatic heterocycles. The van der Waals surface area contributed by atoms with Crippen molar-refractivity contribution < 1.29 is 19.1 Å². The zero-order chi connectivity index (χ0) is 22.3. The van der Waals surface area contributed by atoms with Gasteiger partial charge in [0, 0.05) is 0 Å². The topological polar surface area (TPSA) is 75.7 Å². The minimum atomic E-state index is -1.07. The van der Waals surface area contributed by atoms with Crippen LogP contribution in [0.3, 0.4) is 0 Å². The fourth-order valence-corrected chi connectivity index (χ4v) is 5.17. The first-order valence-electron chi connectivity index (χ1n) is 10.5. The maximum absolute atomic E-state index is 13.9. The molecule has 6 heteroatoms. The third kappa shape index (κ3) is 2.80. The molecule has 0 aliphatic carbocycles. The van der Waals surface area contributed by atoms with Crippen molar-refractivity contribution in [2.75, 3.05) is 12.0 Å². The minimum Gasteiger partial charge on any atom is -0.468 e. The van der Waals surface area contributed by atoms with Gasteiger partial charge in [0.05, 0.1) is 30.2 Å². The summed E-state index contributed by atoms with van der Waals surface area (Å²) < 4.78 is 5.05. The van der Waals surface area contributed by atoms with E-state index >= 15 is 0 Å². The van der Waals surface area contributed by atoms with E-state index in [9.17, 15) is 14.4 Å². The first kappa shape index (κ1) is 20.2. The second kappa shape index (κ2) is 7.73. The molecule has 2 saturated heterocycles. The zero-order valence-corrected chi connectivity index (χ0v) is 17.5. The molecule has 5 rings (SSSR count). The van der Waals surface area contributed by atoms with E-state index in [0.29, 0.717) is 5.69 Å². The van der Waals surface area contributed by atoms with Crippen molar-refractivity contribution in [2.24, 2.45) is 11.8 Å². The fraction of sp³-hybridized carbons (Fsp3) is 0.192. The summed E-state index contributed by atoms with van der Waals surface area (Å²) in [5.74, 6) is -3.01. The molecular formula is C26H22N2O4. The van der Waals surface area contributed by atoms with Gasteiger partial charge >= 0.3 is 5.97 Å². The SMILES string of the molecule is COC(=O)[C@@H]1NC(c2ccccc2)(c2ccccc2)[C@H]2C(=O)N(c3ccccc3)C(=O)[C@@H]12. The number of esters is 1. The van der Waals surface area contributed by atoms with Gasteiger partial charge in [0.25, 0.3) is 0 Å². The van der Waals surface area contributed by atoms with Crippen molar-refractivity contribution in [1.82, 2.24) is 5.32 Å². The zero-order valence-electron chi connectivity index (χ0n) is 17.5. The van der Waals surface area contributed by atoms with Gasteiger partial charge in [-0.05, 0) is 23.3 Å². The number of rotatable bonds is 4. The number of nitrogens with zero attached hydrogens (tertiary/aromatic N) is 1. The highest BCUT2D eigenvalue weighted by Crippen LogP contribution is 2.52. The lowest BCUT2D eigenvalue weighted by Gasteiger charge is -2.36. The molecule has 160 valence electrons. The van der Waals surface area contributed by atoms with Crippen molar-refractivity contribution in [2.45, 2.75) is 11.6 Å². The molecule has 0 bridgehead atoms. The maximum atomic E-state index is 13.9. The van der Waals surface area contributed by atoms with Crippen LogP contribution in [0, 0.1) is 11.8 Å². The van der Waals surface area contributed by atoms with Crippen LogP contribution >= 0.6 is 0 Å². The van der Waals surface area contributed by atoms with Gasteiger partial charge in [-0.15, -0.1) is 0 Å². The predicted molar refractivity (Wildman–Crippen MR) is 119 cm³/mol. The van der Waals surface area contributed by atoms with Crippen molar-refractivity contribution >= 4 is 23.5 Å². The van der Waals surface area contributed by atoms with E-state index in [1.54, 1.807) is 24.3 Å². The first-order chi connectivity index (χ1) is 15.6. The number of fused-ring (bicyclic) bond motifs is 1. The van der Waals surface area contributed by atoms with Gasteiger partial charge in [-0.25, -0.2) is 4.90 Å². The number of imide groups is 1. The van der Waals surface area contributed by atoms with E-state index in [0.717, 1.165) is 11.1 Å². The van der Waals surface area contributed by atoms with Crippen LogP contribution in [0.15, 0.2) is 91.0 Å². The molecule has 3 atom stereocenters. The Labute approximate surface area is 185 Å². The summed E-state index contributed by atoms with van der Waals surface area (Å²) in [7, 11) is 1.29.